The van der Waals surface area contributed by atoms with Crippen molar-refractivity contribution in [3.63, 3.8) is 0 Å². The number of hydrogen-bond acceptors (Lipinski definition) is 6. The van der Waals surface area contributed by atoms with E-state index in [4.69, 9.17) is 0 Å². The van der Waals surface area contributed by atoms with Gasteiger partial charge in [0.15, 0.2) is 0 Å². The summed E-state index contributed by atoms with van der Waals surface area (Å²) < 4.78 is 40.7. The maximum Gasteiger partial charge on any atom is 0.418 e. The van der Waals surface area contributed by atoms with E-state index in [1.54, 1.807) is 0 Å². The number of amides is 1. The zero-order chi connectivity index (χ0) is 20.5. The van der Waals surface area contributed by atoms with Gasteiger partial charge in [-0.25, -0.2) is 4.68 Å². The summed E-state index contributed by atoms with van der Waals surface area (Å²) in [5.74, 6) is -0.784. The second-order valence-corrected chi connectivity index (χ2v) is 5.74. The number of para-hydroxylation sites is 1. The molecule has 0 radical (unpaired) electrons. The van der Waals surface area contributed by atoms with Gasteiger partial charge in [-0.1, -0.05) is 12.1 Å². The van der Waals surface area contributed by atoms with Gasteiger partial charge in [0.25, 0.3) is 11.5 Å². The Kier molecular flexibility index (Phi) is 4.86. The number of nitrogens with one attached hydrogen (secondary N) is 3. The number of benzene rings is 1. The van der Waals surface area contributed by atoms with E-state index in [1.807, 2.05) is 0 Å². The summed E-state index contributed by atoms with van der Waals surface area (Å²) in [6.45, 7) is 2.92. The van der Waals surface area contributed by atoms with Gasteiger partial charge in [-0.05, 0) is 26.0 Å². The summed E-state index contributed by atoms with van der Waals surface area (Å²) in [6, 6.07) is 4.91. The average molecular weight is 393 g/mol. The molecule has 3 N–H and O–H groups in total. The van der Waals surface area contributed by atoms with Crippen molar-refractivity contribution < 1.29 is 18.0 Å². The number of aromatic amines is 1. The highest BCUT2D eigenvalue weighted by Crippen LogP contribution is 2.34. The molecule has 0 saturated heterocycles. The van der Waals surface area contributed by atoms with Gasteiger partial charge in [0.1, 0.15) is 5.69 Å². The summed E-state index contributed by atoms with van der Waals surface area (Å²) in [5, 5.41) is 11.1. The lowest BCUT2D eigenvalue weighted by molar-refractivity contribution is -0.137. The molecule has 3 rings (SSSR count). The van der Waals surface area contributed by atoms with Crippen molar-refractivity contribution in [2.45, 2.75) is 20.0 Å². The molecule has 0 fully saturated rings. The molecule has 1 aromatic carbocycles. The fraction of sp³-hybridized carbons (Fsp3) is 0.188. The van der Waals surface area contributed by atoms with E-state index in [1.165, 1.54) is 32.0 Å². The molecule has 0 unspecified atom stereocenters. The molecule has 0 aliphatic carbocycles. The van der Waals surface area contributed by atoms with Crippen molar-refractivity contribution in [1.29, 1.82) is 0 Å². The summed E-state index contributed by atoms with van der Waals surface area (Å²) in [6.07, 6.45) is -3.43. The van der Waals surface area contributed by atoms with Gasteiger partial charge in [0, 0.05) is 0 Å². The monoisotopic (exact) mass is 393 g/mol. The van der Waals surface area contributed by atoms with Crippen molar-refractivity contribution >= 4 is 11.9 Å². The Morgan fingerprint density at radius 3 is 2.57 bits per heavy atom. The molecule has 0 atom stereocenters. The number of aromatic nitrogens is 5. The predicted octanol–water partition coefficient (Wildman–Crippen LogP) is 1.74. The van der Waals surface area contributed by atoms with Crippen LogP contribution in [-0.2, 0) is 6.18 Å². The van der Waals surface area contributed by atoms with Crippen LogP contribution in [0.3, 0.4) is 0 Å². The van der Waals surface area contributed by atoms with Crippen LogP contribution in [-0.4, -0.2) is 30.9 Å². The van der Waals surface area contributed by atoms with Gasteiger partial charge in [-0.3, -0.25) is 25.4 Å². The van der Waals surface area contributed by atoms with Crippen LogP contribution in [0.25, 0.3) is 5.69 Å². The van der Waals surface area contributed by atoms with E-state index in [9.17, 15) is 22.8 Å². The number of carbonyl (C=O) groups excluding carboxylic acids is 1. The summed E-state index contributed by atoms with van der Waals surface area (Å²) >= 11 is 0. The molecule has 0 aliphatic heterocycles. The molecule has 0 spiro atoms. The van der Waals surface area contributed by atoms with E-state index in [0.717, 1.165) is 16.9 Å². The summed E-state index contributed by atoms with van der Waals surface area (Å²) in [7, 11) is 0. The van der Waals surface area contributed by atoms with E-state index in [0.29, 0.717) is 0 Å². The molecule has 0 saturated carbocycles. The van der Waals surface area contributed by atoms with Gasteiger partial charge in [0.05, 0.1) is 28.7 Å². The molecular weight excluding hydrogens is 379 g/mol. The minimum atomic E-state index is -4.57. The van der Waals surface area contributed by atoms with Gasteiger partial charge < -0.3 is 0 Å². The fourth-order valence-corrected chi connectivity index (χ4v) is 2.41. The van der Waals surface area contributed by atoms with Crippen LogP contribution in [0.5, 0.6) is 0 Å². The molecule has 146 valence electrons. The average Bonchev–Trinajstić information content (AvgIpc) is 3.03. The van der Waals surface area contributed by atoms with Gasteiger partial charge >= 0.3 is 6.18 Å². The number of hydrogen-bond donors (Lipinski definition) is 3. The highest BCUT2D eigenvalue weighted by Gasteiger charge is 2.34. The zero-order valence-electron chi connectivity index (χ0n) is 14.6. The lowest BCUT2D eigenvalue weighted by atomic mass is 10.1. The van der Waals surface area contributed by atoms with E-state index >= 15 is 0 Å². The van der Waals surface area contributed by atoms with Crippen molar-refractivity contribution in [1.82, 2.24) is 30.4 Å². The smallest absolute Gasteiger partial charge is 0.288 e. The lowest BCUT2D eigenvalue weighted by Crippen LogP contribution is -2.32. The summed E-state index contributed by atoms with van der Waals surface area (Å²) in [5.41, 5.74) is 3.47. The molecule has 2 aromatic heterocycles. The number of anilines is 1. The highest BCUT2D eigenvalue weighted by molar-refractivity contribution is 5.95. The number of halogens is 3. The molecule has 0 aliphatic rings. The molecule has 9 nitrogen and oxygen atoms in total. The second kappa shape index (κ2) is 7.13. The van der Waals surface area contributed by atoms with Gasteiger partial charge in [-0.2, -0.15) is 18.3 Å². The molecule has 0 bridgehead atoms. The Bertz CT molecular complexity index is 1090. The number of hydrazine groups is 1. The Morgan fingerprint density at radius 2 is 1.89 bits per heavy atom. The van der Waals surface area contributed by atoms with Crippen molar-refractivity contribution in [3.8, 4) is 5.69 Å². The molecule has 28 heavy (non-hydrogen) atoms. The van der Waals surface area contributed by atoms with Gasteiger partial charge in [-0.15, -0.1) is 10.2 Å². The first kappa shape index (κ1) is 19.1. The Morgan fingerprint density at radius 1 is 1.18 bits per heavy atom. The van der Waals surface area contributed by atoms with Crippen LogP contribution < -0.4 is 16.4 Å². The SMILES string of the molecule is Cc1nnc(NNC(=O)c2cnn(-c3ccccc3C(F)(F)F)c2C)[nH]c1=O. The van der Waals surface area contributed by atoms with Crippen LogP contribution in [0.2, 0.25) is 0 Å². The third-order valence-electron chi connectivity index (χ3n) is 3.85. The minimum absolute atomic E-state index is 0.0342. The van der Waals surface area contributed by atoms with Crippen LogP contribution >= 0.6 is 0 Å². The lowest BCUT2D eigenvalue weighted by Gasteiger charge is -2.14. The van der Waals surface area contributed by atoms with Crippen molar-refractivity contribution in [3.05, 3.63) is 63.3 Å². The zero-order valence-corrected chi connectivity index (χ0v) is 14.6. The largest absolute Gasteiger partial charge is 0.418 e. The summed E-state index contributed by atoms with van der Waals surface area (Å²) in [4.78, 5) is 26.1. The maximum atomic E-state index is 13.2. The number of alkyl halides is 3. The number of rotatable bonds is 4. The van der Waals surface area contributed by atoms with Gasteiger partial charge in [0.2, 0.25) is 5.95 Å². The van der Waals surface area contributed by atoms with E-state index in [-0.39, 0.29) is 28.6 Å². The fourth-order valence-electron chi connectivity index (χ4n) is 2.41. The topological polar surface area (TPSA) is 118 Å². The van der Waals surface area contributed by atoms with E-state index < -0.39 is 23.2 Å². The first-order valence-electron chi connectivity index (χ1n) is 7.89. The van der Waals surface area contributed by atoms with Crippen LogP contribution in [0.4, 0.5) is 19.1 Å². The maximum absolute atomic E-state index is 13.2. The molecule has 2 heterocycles. The van der Waals surface area contributed by atoms with Crippen molar-refractivity contribution in [2.75, 3.05) is 5.43 Å². The predicted molar refractivity (Wildman–Crippen MR) is 91.8 cm³/mol. The molecular formula is C16H14F3N7O2. The van der Waals surface area contributed by atoms with Crippen LogP contribution in [0.1, 0.15) is 27.3 Å². The number of H-pyrrole nitrogens is 1. The third kappa shape index (κ3) is 3.70. The third-order valence-corrected chi connectivity index (χ3v) is 3.85. The van der Waals surface area contributed by atoms with Crippen molar-refractivity contribution in [2.24, 2.45) is 0 Å². The molecule has 12 heteroatoms. The Hall–Kier alpha value is -3.70. The highest BCUT2D eigenvalue weighted by atomic mass is 19.4. The Balaban J connectivity index is 1.84. The van der Waals surface area contributed by atoms with Crippen LogP contribution in [0, 0.1) is 13.8 Å². The van der Waals surface area contributed by atoms with E-state index in [2.05, 4.69) is 31.1 Å². The first-order valence-corrected chi connectivity index (χ1v) is 7.89. The first-order chi connectivity index (χ1) is 13.2. The normalized spacial score (nSPS) is 11.3. The second-order valence-electron chi connectivity index (χ2n) is 5.74. The number of aryl methyl sites for hydroxylation is 1. The quantitative estimate of drug-likeness (QED) is 0.582. The standard InChI is InChI=1S/C16H14F3N7O2/c1-8-13(27)21-15(24-22-8)25-23-14(28)10-7-20-26(9(10)2)12-6-4-3-5-11(12)16(17,18)19/h3-7H,1-2H3,(H,23,28)(H2,21,24,25,27). The minimum Gasteiger partial charge on any atom is -0.288 e. The van der Waals surface area contributed by atoms with Crippen LogP contribution in [0.15, 0.2) is 35.3 Å². The molecule has 1 amide bonds. The molecule has 3 aromatic rings. The number of nitrogens with zero attached hydrogens (tertiary/aromatic N) is 4. The Labute approximate surface area is 155 Å². The number of carbonyl (C=O) groups is 1.